The van der Waals surface area contributed by atoms with Gasteiger partial charge in [-0.15, -0.1) is 11.3 Å². The molecule has 1 aromatic heterocycles. The van der Waals surface area contributed by atoms with Crippen LogP contribution < -0.4 is 27.6 Å². The van der Waals surface area contributed by atoms with Crippen LogP contribution in [-0.2, 0) is 6.54 Å². The van der Waals surface area contributed by atoms with Crippen LogP contribution in [0, 0.1) is 25.2 Å². The second-order valence-corrected chi connectivity index (χ2v) is 6.75. The van der Waals surface area contributed by atoms with E-state index in [0.29, 0.717) is 10.7 Å². The first-order chi connectivity index (χ1) is 10.4. The summed E-state index contributed by atoms with van der Waals surface area (Å²) < 4.78 is 2.11. The van der Waals surface area contributed by atoms with Crippen LogP contribution in [-0.4, -0.2) is 22.0 Å². The third kappa shape index (κ3) is 3.75. The highest BCUT2D eigenvalue weighted by Gasteiger charge is 2.27. The summed E-state index contributed by atoms with van der Waals surface area (Å²) in [6.07, 6.45) is 0. The monoisotopic (exact) mass is 342 g/mol. The van der Waals surface area contributed by atoms with Gasteiger partial charge < -0.3 is 21.0 Å². The summed E-state index contributed by atoms with van der Waals surface area (Å²) in [6.45, 7) is 7.20. The van der Waals surface area contributed by atoms with Gasteiger partial charge in [0.05, 0.1) is 0 Å². The number of nitrogens with one attached hydrogen (secondary N) is 1. The molecule has 0 saturated heterocycles. The molecule has 1 aliphatic rings. The van der Waals surface area contributed by atoms with Crippen molar-refractivity contribution >= 4 is 23.1 Å². The molecule has 1 unspecified atom stereocenters. The van der Waals surface area contributed by atoms with E-state index in [2.05, 4.69) is 35.9 Å². The predicted molar refractivity (Wildman–Crippen MR) is 90.5 cm³/mol. The number of hydrogen-bond acceptors (Lipinski definition) is 9. The van der Waals surface area contributed by atoms with Gasteiger partial charge in [0.2, 0.25) is 4.80 Å². The summed E-state index contributed by atoms with van der Waals surface area (Å²) in [5.41, 5.74) is 9.23. The summed E-state index contributed by atoms with van der Waals surface area (Å²) in [7, 11) is 1.78. The molecule has 10 heteroatoms. The minimum Gasteiger partial charge on any atom is -0.384 e. The first-order valence-corrected chi connectivity index (χ1v) is 8.27. The lowest BCUT2D eigenvalue weighted by Crippen LogP contribution is -2.42. The van der Waals surface area contributed by atoms with Crippen LogP contribution in [0.3, 0.4) is 0 Å². The van der Waals surface area contributed by atoms with Crippen molar-refractivity contribution in [2.24, 2.45) is 22.5 Å². The van der Waals surface area contributed by atoms with E-state index in [-0.39, 0.29) is 5.50 Å². The van der Waals surface area contributed by atoms with Crippen molar-refractivity contribution in [2.45, 2.75) is 32.8 Å². The number of rotatable bonds is 2. The minimum absolute atomic E-state index is 0.121. The quantitative estimate of drug-likeness (QED) is 0.440. The number of thiazole rings is 1. The Morgan fingerprint density at radius 1 is 1.45 bits per heavy atom. The third-order valence-corrected chi connectivity index (χ3v) is 5.58. The topological polar surface area (TPSA) is 134 Å². The highest BCUT2D eigenvalue weighted by molar-refractivity contribution is 8.04. The van der Waals surface area contributed by atoms with Crippen LogP contribution in [0.1, 0.15) is 17.5 Å². The third-order valence-electron chi connectivity index (χ3n) is 3.25. The van der Waals surface area contributed by atoms with Gasteiger partial charge >= 0.3 is 0 Å². The fraction of sp³-hybridized carbons (Fsp3) is 0.500. The molecule has 0 saturated carbocycles. The summed E-state index contributed by atoms with van der Waals surface area (Å²) in [5.74, 6) is 10.9. The van der Waals surface area contributed by atoms with Crippen molar-refractivity contribution in [1.82, 2.24) is 14.9 Å². The lowest BCUT2D eigenvalue weighted by atomic mass is 10.4. The van der Waals surface area contributed by atoms with Gasteiger partial charge in [-0.2, -0.15) is 10.4 Å². The number of allylic oxidation sites excluding steroid dienone is 1. The van der Waals surface area contributed by atoms with Crippen LogP contribution >= 0.6 is 23.1 Å². The largest absolute Gasteiger partial charge is 0.384 e. The number of thioether (sulfide) groups is 1. The molecule has 1 aromatic rings. The lowest BCUT2D eigenvalue weighted by Gasteiger charge is -2.20. The summed E-state index contributed by atoms with van der Waals surface area (Å²) >= 11 is 2.95. The second kappa shape index (κ2) is 8.09. The van der Waals surface area contributed by atoms with E-state index in [0.717, 1.165) is 11.3 Å². The number of hydrogen-bond donors (Lipinski definition) is 4. The molecule has 0 fully saturated rings. The van der Waals surface area contributed by atoms with Crippen molar-refractivity contribution in [3.8, 4) is 6.07 Å². The molecule has 0 aliphatic carbocycles. The fourth-order valence-electron chi connectivity index (χ4n) is 1.83. The molecule has 2 rings (SSSR count). The predicted octanol–water partition coefficient (Wildman–Crippen LogP) is 0.0240. The van der Waals surface area contributed by atoms with Crippen molar-refractivity contribution in [3.63, 3.8) is 0 Å². The van der Waals surface area contributed by atoms with E-state index in [1.165, 1.54) is 22.3 Å². The summed E-state index contributed by atoms with van der Waals surface area (Å²) in [5, 5.41) is 12.3. The van der Waals surface area contributed by atoms with Gasteiger partial charge in [-0.3, -0.25) is 5.84 Å². The number of nitrogens with zero attached hydrogens (tertiary/aromatic N) is 4. The Balaban J connectivity index is 0.000000220. The molecule has 0 bridgehead atoms. The van der Waals surface area contributed by atoms with Crippen molar-refractivity contribution < 1.29 is 0 Å². The van der Waals surface area contributed by atoms with Crippen LogP contribution in [0.15, 0.2) is 15.8 Å². The Morgan fingerprint density at radius 2 is 2.09 bits per heavy atom. The average molecular weight is 342 g/mol. The zero-order valence-corrected chi connectivity index (χ0v) is 14.8. The number of aromatic nitrogens is 1. The normalized spacial score (nSPS) is 18.3. The molecular formula is C12H22N8S2. The van der Waals surface area contributed by atoms with Gasteiger partial charge in [0, 0.05) is 24.2 Å². The molecule has 7 N–H and O–H groups in total. The van der Waals surface area contributed by atoms with Gasteiger partial charge in [0.25, 0.3) is 0 Å². The Labute approximate surface area is 138 Å². The van der Waals surface area contributed by atoms with Gasteiger partial charge in [-0.25, -0.2) is 5.43 Å². The molecule has 0 spiro atoms. The van der Waals surface area contributed by atoms with E-state index in [1.807, 2.05) is 6.07 Å². The Morgan fingerprint density at radius 3 is 2.41 bits per heavy atom. The zero-order chi connectivity index (χ0) is 16.9. The van der Waals surface area contributed by atoms with Crippen molar-refractivity contribution in [2.75, 3.05) is 7.05 Å². The summed E-state index contributed by atoms with van der Waals surface area (Å²) in [4.78, 5) is 4.41. The van der Waals surface area contributed by atoms with E-state index in [9.17, 15) is 0 Å². The van der Waals surface area contributed by atoms with E-state index in [1.54, 1.807) is 23.3 Å². The molecule has 122 valence electrons. The second-order valence-electron chi connectivity index (χ2n) is 4.47. The Hall–Kier alpha value is -1.67. The standard InChI is InChI=1S/C7H13N3S.C5H9N5S/c1-4-10-5(2)6(3)11-7(10)9-8;1-10-4(7)3(2-6)11-5(10)9-8/h4,8H2,1-3H3;5,9H,7-8H2,1H3. The van der Waals surface area contributed by atoms with Crippen LogP contribution in [0.25, 0.3) is 0 Å². The van der Waals surface area contributed by atoms with Gasteiger partial charge in [-0.05, 0) is 20.8 Å². The van der Waals surface area contributed by atoms with Gasteiger partial charge in [0.15, 0.2) is 0 Å². The molecule has 0 aromatic carbocycles. The highest BCUT2D eigenvalue weighted by Crippen LogP contribution is 2.31. The van der Waals surface area contributed by atoms with Crippen molar-refractivity contribution in [3.05, 3.63) is 26.1 Å². The van der Waals surface area contributed by atoms with Crippen molar-refractivity contribution in [1.29, 1.82) is 5.26 Å². The van der Waals surface area contributed by atoms with Gasteiger partial charge in [-0.1, -0.05) is 11.8 Å². The lowest BCUT2D eigenvalue weighted by molar-refractivity contribution is 0.353. The molecule has 1 aliphatic heterocycles. The van der Waals surface area contributed by atoms with Gasteiger partial charge in [0.1, 0.15) is 22.3 Å². The van der Waals surface area contributed by atoms with E-state index >= 15 is 0 Å². The number of hydrazine groups is 1. The maximum Gasteiger partial charge on any atom is 0.207 e. The number of nitriles is 1. The summed E-state index contributed by atoms with van der Waals surface area (Å²) in [6, 6.07) is 1.99. The minimum atomic E-state index is -0.121. The Bertz CT molecular complexity index is 651. The fourth-order valence-corrected chi connectivity index (χ4v) is 3.68. The maximum absolute atomic E-state index is 8.56. The molecule has 8 nitrogen and oxygen atoms in total. The number of nitrogens with two attached hydrogens (primary N) is 3. The first-order valence-electron chi connectivity index (χ1n) is 6.57. The molecule has 2 heterocycles. The highest BCUT2D eigenvalue weighted by atomic mass is 32.2. The van der Waals surface area contributed by atoms with Crippen LogP contribution in [0.4, 0.5) is 0 Å². The Kier molecular flexibility index (Phi) is 6.76. The van der Waals surface area contributed by atoms with Crippen LogP contribution in [0.2, 0.25) is 0 Å². The van der Waals surface area contributed by atoms with Crippen LogP contribution in [0.5, 0.6) is 0 Å². The molecule has 22 heavy (non-hydrogen) atoms. The molecular weight excluding hydrogens is 320 g/mol. The zero-order valence-electron chi connectivity index (χ0n) is 13.1. The van der Waals surface area contributed by atoms with E-state index in [4.69, 9.17) is 22.7 Å². The molecule has 0 amide bonds. The number of aryl methyl sites for hydroxylation is 1. The average Bonchev–Trinajstić information content (AvgIpc) is 2.97. The first kappa shape index (κ1) is 18.4. The SMILES string of the molecule is CCn1c(C)c(C)sc1=NN.CN1C(N)=C(C#N)SC1NN. The van der Waals surface area contributed by atoms with E-state index < -0.39 is 0 Å². The maximum atomic E-state index is 8.56. The molecule has 0 radical (unpaired) electrons. The smallest absolute Gasteiger partial charge is 0.207 e. The molecule has 1 atom stereocenters.